The molecule has 0 N–H and O–H groups in total. The first-order chi connectivity index (χ1) is 6.18. The second-order valence-electron chi connectivity index (χ2n) is 4.37. The molecular weight excluding hydrogens is 164 g/mol. The van der Waals surface area contributed by atoms with E-state index < -0.39 is 0 Å². The molecule has 2 rings (SSSR count). The molecule has 3 nitrogen and oxygen atoms in total. The van der Waals surface area contributed by atoms with Crippen LogP contribution in [0, 0.1) is 0 Å². The number of nitrogens with zero attached hydrogens (tertiary/aromatic N) is 2. The van der Waals surface area contributed by atoms with Gasteiger partial charge < -0.3 is 4.90 Å². The van der Waals surface area contributed by atoms with Crippen LogP contribution in [0.2, 0.25) is 0 Å². The molecule has 0 aliphatic carbocycles. The van der Waals surface area contributed by atoms with E-state index in [1.54, 1.807) is 0 Å². The Morgan fingerprint density at radius 3 is 2.85 bits per heavy atom. The van der Waals surface area contributed by atoms with Gasteiger partial charge in [-0.1, -0.05) is 0 Å². The molecule has 0 aromatic rings. The molecule has 2 aliphatic rings. The monoisotopic (exact) mass is 182 g/mol. The molecule has 1 amide bonds. The Bertz CT molecular complexity index is 215. The van der Waals surface area contributed by atoms with E-state index in [4.69, 9.17) is 0 Å². The number of amides is 1. The lowest BCUT2D eigenvalue weighted by atomic mass is 10.1. The first kappa shape index (κ1) is 9.00. The number of fused-ring (bicyclic) bond motifs is 1. The minimum atomic E-state index is 0.369. The summed E-state index contributed by atoms with van der Waals surface area (Å²) in [5.74, 6) is 0.369. The molecule has 13 heavy (non-hydrogen) atoms. The molecule has 2 fully saturated rings. The van der Waals surface area contributed by atoms with Gasteiger partial charge in [0.25, 0.3) is 0 Å². The van der Waals surface area contributed by atoms with Crippen molar-refractivity contribution in [2.45, 2.75) is 38.8 Å². The summed E-state index contributed by atoms with van der Waals surface area (Å²) < 4.78 is 0. The quantitative estimate of drug-likeness (QED) is 0.596. The minimum absolute atomic E-state index is 0.369. The summed E-state index contributed by atoms with van der Waals surface area (Å²) in [6, 6.07) is 1.14. The van der Waals surface area contributed by atoms with Gasteiger partial charge in [-0.2, -0.15) is 0 Å². The number of rotatable bonds is 1. The van der Waals surface area contributed by atoms with Crippen LogP contribution in [0.1, 0.15) is 26.7 Å². The Labute approximate surface area is 79.7 Å². The molecule has 74 valence electrons. The van der Waals surface area contributed by atoms with Gasteiger partial charge >= 0.3 is 0 Å². The molecular formula is C10H18N2O. The lowest BCUT2D eigenvalue weighted by molar-refractivity contribution is -0.130. The van der Waals surface area contributed by atoms with E-state index in [1.807, 2.05) is 0 Å². The molecule has 2 saturated heterocycles. The molecule has 1 unspecified atom stereocenters. The van der Waals surface area contributed by atoms with Crippen molar-refractivity contribution in [3.63, 3.8) is 0 Å². The Morgan fingerprint density at radius 2 is 2.15 bits per heavy atom. The number of carbonyl (C=O) groups is 1. The van der Waals surface area contributed by atoms with Crippen molar-refractivity contribution in [3.8, 4) is 0 Å². The lowest BCUT2D eigenvalue weighted by Crippen LogP contribution is -2.53. The van der Waals surface area contributed by atoms with Crippen molar-refractivity contribution in [2.24, 2.45) is 0 Å². The molecule has 2 heterocycles. The van der Waals surface area contributed by atoms with Crippen LogP contribution >= 0.6 is 0 Å². The fraction of sp³-hybridized carbons (Fsp3) is 0.900. The van der Waals surface area contributed by atoms with Crippen LogP contribution in [0.4, 0.5) is 0 Å². The highest BCUT2D eigenvalue weighted by atomic mass is 16.2. The molecule has 1 atom stereocenters. The highest BCUT2D eigenvalue weighted by Gasteiger charge is 2.35. The van der Waals surface area contributed by atoms with Crippen LogP contribution in [0.15, 0.2) is 0 Å². The van der Waals surface area contributed by atoms with E-state index in [1.165, 1.54) is 0 Å². The van der Waals surface area contributed by atoms with E-state index in [0.29, 0.717) is 18.0 Å². The van der Waals surface area contributed by atoms with E-state index in [0.717, 1.165) is 32.5 Å². The molecule has 2 aliphatic heterocycles. The molecule has 0 bridgehead atoms. The Morgan fingerprint density at radius 1 is 1.38 bits per heavy atom. The first-order valence-electron chi connectivity index (χ1n) is 5.22. The molecule has 0 spiro atoms. The van der Waals surface area contributed by atoms with Crippen LogP contribution in [0.25, 0.3) is 0 Å². The molecule has 3 heteroatoms. The Balaban J connectivity index is 1.99. The van der Waals surface area contributed by atoms with Gasteiger partial charge in [0.05, 0.1) is 0 Å². The number of carbonyl (C=O) groups excluding carboxylic acids is 1. The van der Waals surface area contributed by atoms with E-state index in [2.05, 4.69) is 23.6 Å². The van der Waals surface area contributed by atoms with Gasteiger partial charge in [0, 0.05) is 38.1 Å². The third-order valence-electron chi connectivity index (χ3n) is 3.26. The first-order valence-corrected chi connectivity index (χ1v) is 5.22. The zero-order valence-electron chi connectivity index (χ0n) is 8.49. The standard InChI is InChI=1S/C10H18N2O/c1-8(2)11-5-6-12-9(7-11)3-4-10(12)13/h8-9H,3-7H2,1-2H3. The smallest absolute Gasteiger partial charge is 0.222 e. The van der Waals surface area contributed by atoms with Gasteiger partial charge in [0.15, 0.2) is 0 Å². The van der Waals surface area contributed by atoms with Gasteiger partial charge in [-0.3, -0.25) is 9.69 Å². The van der Waals surface area contributed by atoms with Gasteiger partial charge in [0.1, 0.15) is 0 Å². The maximum atomic E-state index is 11.4. The molecule has 0 radical (unpaired) electrons. The van der Waals surface area contributed by atoms with E-state index in [-0.39, 0.29) is 0 Å². The summed E-state index contributed by atoms with van der Waals surface area (Å²) in [7, 11) is 0. The topological polar surface area (TPSA) is 23.6 Å². The van der Waals surface area contributed by atoms with Crippen molar-refractivity contribution in [1.29, 1.82) is 0 Å². The van der Waals surface area contributed by atoms with E-state index >= 15 is 0 Å². The van der Waals surface area contributed by atoms with Gasteiger partial charge in [0.2, 0.25) is 5.91 Å². The second kappa shape index (κ2) is 3.29. The van der Waals surface area contributed by atoms with Gasteiger partial charge in [-0.15, -0.1) is 0 Å². The lowest BCUT2D eigenvalue weighted by Gasteiger charge is -2.39. The third kappa shape index (κ3) is 1.57. The SMILES string of the molecule is CC(C)N1CCN2C(=O)CCC2C1. The summed E-state index contributed by atoms with van der Waals surface area (Å²) in [5, 5.41) is 0. The average molecular weight is 182 g/mol. The van der Waals surface area contributed by atoms with Crippen molar-refractivity contribution < 1.29 is 4.79 Å². The zero-order valence-corrected chi connectivity index (χ0v) is 8.49. The van der Waals surface area contributed by atoms with Crippen molar-refractivity contribution in [3.05, 3.63) is 0 Å². The fourth-order valence-corrected chi connectivity index (χ4v) is 2.36. The Hall–Kier alpha value is -0.570. The van der Waals surface area contributed by atoms with Crippen LogP contribution < -0.4 is 0 Å². The highest BCUT2D eigenvalue weighted by molar-refractivity contribution is 5.78. The maximum absolute atomic E-state index is 11.4. The summed E-state index contributed by atoms with van der Waals surface area (Å²) in [6.45, 7) is 7.55. The van der Waals surface area contributed by atoms with Crippen molar-refractivity contribution in [2.75, 3.05) is 19.6 Å². The predicted molar refractivity (Wildman–Crippen MR) is 51.4 cm³/mol. The second-order valence-corrected chi connectivity index (χ2v) is 4.37. The third-order valence-corrected chi connectivity index (χ3v) is 3.26. The Kier molecular flexibility index (Phi) is 2.28. The largest absolute Gasteiger partial charge is 0.337 e. The average Bonchev–Trinajstić information content (AvgIpc) is 2.47. The minimum Gasteiger partial charge on any atom is -0.337 e. The van der Waals surface area contributed by atoms with Crippen LogP contribution in [-0.4, -0.2) is 47.4 Å². The summed E-state index contributed by atoms with van der Waals surface area (Å²) >= 11 is 0. The van der Waals surface area contributed by atoms with Crippen LogP contribution in [-0.2, 0) is 4.79 Å². The summed E-state index contributed by atoms with van der Waals surface area (Å²) in [5.41, 5.74) is 0. The zero-order chi connectivity index (χ0) is 9.42. The van der Waals surface area contributed by atoms with Gasteiger partial charge in [-0.05, 0) is 20.3 Å². The van der Waals surface area contributed by atoms with Crippen molar-refractivity contribution >= 4 is 5.91 Å². The van der Waals surface area contributed by atoms with Crippen molar-refractivity contribution in [1.82, 2.24) is 9.80 Å². The summed E-state index contributed by atoms with van der Waals surface area (Å²) in [4.78, 5) is 15.9. The number of hydrogen-bond acceptors (Lipinski definition) is 2. The summed E-state index contributed by atoms with van der Waals surface area (Å²) in [6.07, 6.45) is 1.85. The molecule has 0 aromatic heterocycles. The maximum Gasteiger partial charge on any atom is 0.222 e. The predicted octanol–water partition coefficient (Wildman–Crippen LogP) is 0.701. The fourth-order valence-electron chi connectivity index (χ4n) is 2.36. The van der Waals surface area contributed by atoms with Crippen LogP contribution in [0.3, 0.4) is 0 Å². The van der Waals surface area contributed by atoms with E-state index in [9.17, 15) is 4.79 Å². The number of hydrogen-bond donors (Lipinski definition) is 0. The number of piperazine rings is 1. The molecule has 0 aromatic carbocycles. The van der Waals surface area contributed by atoms with Crippen LogP contribution in [0.5, 0.6) is 0 Å². The van der Waals surface area contributed by atoms with Gasteiger partial charge in [-0.25, -0.2) is 0 Å². The highest BCUT2D eigenvalue weighted by Crippen LogP contribution is 2.23. The molecule has 0 saturated carbocycles. The normalized spacial score (nSPS) is 29.9.